The second kappa shape index (κ2) is 9.28. The fraction of sp³-hybridized carbons (Fsp3) is 0.160. The van der Waals surface area contributed by atoms with Crippen molar-refractivity contribution < 1.29 is 9.18 Å². The Morgan fingerprint density at radius 3 is 2.50 bits per heavy atom. The zero-order valence-corrected chi connectivity index (χ0v) is 18.4. The molecule has 162 valence electrons. The van der Waals surface area contributed by atoms with E-state index in [2.05, 4.69) is 4.98 Å². The van der Waals surface area contributed by atoms with Gasteiger partial charge in [0.1, 0.15) is 5.82 Å². The summed E-state index contributed by atoms with van der Waals surface area (Å²) in [5, 5.41) is 0.323. The van der Waals surface area contributed by atoms with Crippen LogP contribution in [0.4, 0.5) is 4.39 Å². The maximum atomic E-state index is 14.3. The maximum absolute atomic E-state index is 14.3. The van der Waals surface area contributed by atoms with Crippen LogP contribution in [0.5, 0.6) is 0 Å². The third kappa shape index (κ3) is 4.24. The van der Waals surface area contributed by atoms with E-state index in [0.717, 1.165) is 16.6 Å². The largest absolute Gasteiger partial charge is 0.334 e. The van der Waals surface area contributed by atoms with Gasteiger partial charge in [0.2, 0.25) is 0 Å². The fourth-order valence-electron chi connectivity index (χ4n) is 3.71. The Morgan fingerprint density at radius 2 is 1.78 bits per heavy atom. The average Bonchev–Trinajstić information content (AvgIpc) is 2.80. The van der Waals surface area contributed by atoms with E-state index in [1.807, 2.05) is 37.3 Å². The summed E-state index contributed by atoms with van der Waals surface area (Å²) in [7, 11) is 0. The molecular weight excluding hydrogens is 425 g/mol. The molecule has 0 atom stereocenters. The number of halogens is 1. The molecule has 0 spiro atoms. The van der Waals surface area contributed by atoms with Crippen molar-refractivity contribution in [2.75, 3.05) is 6.54 Å². The highest BCUT2D eigenvalue weighted by Gasteiger charge is 2.18. The summed E-state index contributed by atoms with van der Waals surface area (Å²) in [6.07, 6.45) is 0.821. The second-order valence-corrected chi connectivity index (χ2v) is 7.88. The highest BCUT2D eigenvalue weighted by molar-refractivity contribution is 7.71. The molecule has 0 radical (unpaired) electrons. The molecule has 1 N–H and O–H groups in total. The number of carbonyl (C=O) groups excluding carboxylic acids is 1. The van der Waals surface area contributed by atoms with E-state index < -0.39 is 11.4 Å². The molecule has 0 saturated heterocycles. The van der Waals surface area contributed by atoms with Crippen LogP contribution in [-0.4, -0.2) is 26.9 Å². The Hall–Kier alpha value is -3.58. The highest BCUT2D eigenvalue weighted by Crippen LogP contribution is 2.17. The molecule has 4 aromatic rings. The lowest BCUT2D eigenvalue weighted by atomic mass is 10.1. The number of aromatic amines is 1. The Labute approximate surface area is 189 Å². The predicted molar refractivity (Wildman–Crippen MR) is 126 cm³/mol. The normalized spacial score (nSPS) is 10.9. The molecule has 0 aliphatic rings. The summed E-state index contributed by atoms with van der Waals surface area (Å²) >= 11 is 5.34. The summed E-state index contributed by atoms with van der Waals surface area (Å²) in [4.78, 5) is 31.1. The van der Waals surface area contributed by atoms with Crippen molar-refractivity contribution in [1.29, 1.82) is 0 Å². The molecule has 1 aromatic heterocycles. The molecule has 0 saturated carbocycles. The first kappa shape index (κ1) is 21.6. The minimum absolute atomic E-state index is 0.0619. The first-order valence-electron chi connectivity index (χ1n) is 10.4. The zero-order valence-electron chi connectivity index (χ0n) is 17.5. The van der Waals surface area contributed by atoms with Gasteiger partial charge in [0.05, 0.1) is 16.6 Å². The van der Waals surface area contributed by atoms with Gasteiger partial charge in [0.25, 0.3) is 11.5 Å². The van der Waals surface area contributed by atoms with Crippen LogP contribution >= 0.6 is 12.2 Å². The molecule has 32 heavy (non-hydrogen) atoms. The molecule has 1 amide bonds. The molecule has 0 aliphatic carbocycles. The number of aromatic nitrogens is 2. The van der Waals surface area contributed by atoms with Crippen molar-refractivity contribution >= 4 is 29.0 Å². The van der Waals surface area contributed by atoms with Crippen LogP contribution in [-0.2, 0) is 6.54 Å². The second-order valence-electron chi connectivity index (χ2n) is 7.49. The number of nitrogens with one attached hydrogen (secondary N) is 1. The van der Waals surface area contributed by atoms with Crippen LogP contribution < -0.4 is 5.56 Å². The molecular formula is C25H22FN3O2S. The number of H-pyrrole nitrogens is 1. The van der Waals surface area contributed by atoms with Crippen molar-refractivity contribution in [3.05, 3.63) is 105 Å². The lowest BCUT2D eigenvalue weighted by Crippen LogP contribution is -2.31. The topological polar surface area (TPSA) is 58.1 Å². The van der Waals surface area contributed by atoms with E-state index in [1.165, 1.54) is 12.1 Å². The number of hydrogen-bond acceptors (Lipinski definition) is 3. The molecule has 7 heteroatoms. The van der Waals surface area contributed by atoms with Gasteiger partial charge in [-0.05, 0) is 54.5 Å². The lowest BCUT2D eigenvalue weighted by Gasteiger charge is -2.22. The number of nitrogens with zero attached hydrogens (tertiary/aromatic N) is 2. The van der Waals surface area contributed by atoms with Gasteiger partial charge in [-0.3, -0.25) is 9.59 Å². The Bertz CT molecular complexity index is 1400. The summed E-state index contributed by atoms with van der Waals surface area (Å²) in [5.41, 5.74) is 1.58. The SMILES string of the molecule is CCCN(Cc1ccccc1)C(=O)c1ccc2c(=O)n(-c3ccccc3F)c(=S)[nH]c2c1. The van der Waals surface area contributed by atoms with E-state index in [1.54, 1.807) is 35.2 Å². The molecule has 0 bridgehead atoms. The number of hydrogen-bond donors (Lipinski definition) is 1. The summed E-state index contributed by atoms with van der Waals surface area (Å²) in [5.74, 6) is -0.674. The van der Waals surface area contributed by atoms with Crippen molar-refractivity contribution in [3.8, 4) is 5.69 Å². The van der Waals surface area contributed by atoms with Crippen LogP contribution in [0.3, 0.4) is 0 Å². The number of benzene rings is 3. The number of para-hydroxylation sites is 1. The monoisotopic (exact) mass is 447 g/mol. The number of carbonyl (C=O) groups is 1. The molecule has 5 nitrogen and oxygen atoms in total. The van der Waals surface area contributed by atoms with E-state index in [0.29, 0.717) is 29.6 Å². The summed E-state index contributed by atoms with van der Waals surface area (Å²) in [6, 6.07) is 20.6. The van der Waals surface area contributed by atoms with Gasteiger partial charge >= 0.3 is 0 Å². The smallest absolute Gasteiger partial charge is 0.266 e. The lowest BCUT2D eigenvalue weighted by molar-refractivity contribution is 0.0743. The molecule has 4 rings (SSSR count). The van der Waals surface area contributed by atoms with Gasteiger partial charge in [0.15, 0.2) is 4.77 Å². The van der Waals surface area contributed by atoms with Crippen LogP contribution in [0, 0.1) is 10.6 Å². The van der Waals surface area contributed by atoms with Crippen molar-refractivity contribution in [2.45, 2.75) is 19.9 Å². The van der Waals surface area contributed by atoms with Gasteiger partial charge in [-0.25, -0.2) is 8.96 Å². The van der Waals surface area contributed by atoms with Gasteiger partial charge in [-0.1, -0.05) is 49.4 Å². The standard InChI is InChI=1S/C25H22FN3O2S/c1-2-14-28(16-17-8-4-3-5-9-17)23(30)18-12-13-19-21(15-18)27-25(32)29(24(19)31)22-11-7-6-10-20(22)26/h3-13,15H,2,14,16H2,1H3,(H,27,32). The Balaban J connectivity index is 1.74. The van der Waals surface area contributed by atoms with Crippen LogP contribution in [0.2, 0.25) is 0 Å². The molecule has 0 aliphatic heterocycles. The van der Waals surface area contributed by atoms with Crippen molar-refractivity contribution in [3.63, 3.8) is 0 Å². The van der Waals surface area contributed by atoms with Crippen molar-refractivity contribution in [1.82, 2.24) is 14.5 Å². The van der Waals surface area contributed by atoms with E-state index in [4.69, 9.17) is 12.2 Å². The predicted octanol–water partition coefficient (Wildman–Crippen LogP) is 5.24. The average molecular weight is 448 g/mol. The quantitative estimate of drug-likeness (QED) is 0.411. The van der Waals surface area contributed by atoms with Gasteiger partial charge < -0.3 is 9.88 Å². The summed E-state index contributed by atoms with van der Waals surface area (Å²) < 4.78 is 15.5. The highest BCUT2D eigenvalue weighted by atomic mass is 32.1. The minimum Gasteiger partial charge on any atom is -0.334 e. The fourth-order valence-corrected chi connectivity index (χ4v) is 4.00. The summed E-state index contributed by atoms with van der Waals surface area (Å²) in [6.45, 7) is 3.13. The van der Waals surface area contributed by atoms with Crippen LogP contribution in [0.25, 0.3) is 16.6 Å². The zero-order chi connectivity index (χ0) is 22.7. The van der Waals surface area contributed by atoms with Gasteiger partial charge in [-0.15, -0.1) is 0 Å². The van der Waals surface area contributed by atoms with E-state index >= 15 is 0 Å². The Kier molecular flexibility index (Phi) is 6.28. The molecule has 3 aromatic carbocycles. The van der Waals surface area contributed by atoms with Gasteiger partial charge in [0, 0.05) is 18.7 Å². The van der Waals surface area contributed by atoms with Crippen LogP contribution in [0.1, 0.15) is 29.3 Å². The van der Waals surface area contributed by atoms with E-state index in [-0.39, 0.29) is 16.4 Å². The van der Waals surface area contributed by atoms with E-state index in [9.17, 15) is 14.0 Å². The molecule has 0 unspecified atom stereocenters. The minimum atomic E-state index is -0.545. The van der Waals surface area contributed by atoms with Crippen LogP contribution in [0.15, 0.2) is 77.6 Å². The third-order valence-corrected chi connectivity index (χ3v) is 5.52. The first-order chi connectivity index (χ1) is 15.5. The third-order valence-electron chi connectivity index (χ3n) is 5.24. The Morgan fingerprint density at radius 1 is 1.06 bits per heavy atom. The number of fused-ring (bicyclic) bond motifs is 1. The van der Waals surface area contributed by atoms with Crippen molar-refractivity contribution in [2.24, 2.45) is 0 Å². The maximum Gasteiger partial charge on any atom is 0.266 e. The number of amides is 1. The molecule has 0 fully saturated rings. The number of rotatable bonds is 6. The van der Waals surface area contributed by atoms with Gasteiger partial charge in [-0.2, -0.15) is 0 Å². The first-order valence-corrected chi connectivity index (χ1v) is 10.8. The molecule has 1 heterocycles.